The van der Waals surface area contributed by atoms with Crippen molar-refractivity contribution in [3.63, 3.8) is 0 Å². The quantitative estimate of drug-likeness (QED) is 0.801. The minimum absolute atomic E-state index is 0.324. The molecular formula is C10H16N2OS. The van der Waals surface area contributed by atoms with Gasteiger partial charge in [0.2, 0.25) is 0 Å². The first kappa shape index (κ1) is 10.1. The molecule has 1 aliphatic heterocycles. The average Bonchev–Trinajstić information content (AvgIpc) is 2.62. The molecule has 0 aliphatic carbocycles. The van der Waals surface area contributed by atoms with E-state index in [1.807, 2.05) is 31.1 Å². The van der Waals surface area contributed by atoms with Gasteiger partial charge >= 0.3 is 0 Å². The lowest BCUT2D eigenvalue weighted by molar-refractivity contribution is 0.0454. The van der Waals surface area contributed by atoms with E-state index < -0.39 is 5.60 Å². The molecule has 2 unspecified atom stereocenters. The summed E-state index contributed by atoms with van der Waals surface area (Å²) in [5, 5.41) is 15.0. The average molecular weight is 212 g/mol. The third-order valence-corrected chi connectivity index (χ3v) is 4.29. The van der Waals surface area contributed by atoms with Crippen LogP contribution in [0.3, 0.4) is 0 Å². The summed E-state index contributed by atoms with van der Waals surface area (Å²) in [7, 11) is 1.90. The van der Waals surface area contributed by atoms with Crippen LogP contribution in [0.1, 0.15) is 19.0 Å². The fourth-order valence-electron chi connectivity index (χ4n) is 1.87. The van der Waals surface area contributed by atoms with Crippen molar-refractivity contribution in [2.45, 2.75) is 30.6 Å². The maximum absolute atomic E-state index is 10.4. The van der Waals surface area contributed by atoms with Crippen molar-refractivity contribution in [3.05, 3.63) is 18.0 Å². The molecule has 0 amide bonds. The summed E-state index contributed by atoms with van der Waals surface area (Å²) < 4.78 is 1.78. The van der Waals surface area contributed by atoms with Crippen molar-refractivity contribution < 1.29 is 5.11 Å². The highest BCUT2D eigenvalue weighted by Gasteiger charge is 2.39. The van der Waals surface area contributed by atoms with E-state index in [0.29, 0.717) is 11.7 Å². The van der Waals surface area contributed by atoms with Gasteiger partial charge in [0.05, 0.1) is 11.3 Å². The second-order valence-electron chi connectivity index (χ2n) is 4.02. The van der Waals surface area contributed by atoms with E-state index in [1.165, 1.54) is 0 Å². The van der Waals surface area contributed by atoms with Crippen LogP contribution in [0.4, 0.5) is 0 Å². The van der Waals surface area contributed by atoms with Crippen molar-refractivity contribution in [3.8, 4) is 0 Å². The fraction of sp³-hybridized carbons (Fsp3) is 0.700. The smallest absolute Gasteiger partial charge is 0.0826 e. The van der Waals surface area contributed by atoms with Gasteiger partial charge in [0.15, 0.2) is 0 Å². The molecule has 0 spiro atoms. The molecule has 1 aliphatic rings. The Morgan fingerprint density at radius 2 is 2.57 bits per heavy atom. The summed E-state index contributed by atoms with van der Waals surface area (Å²) in [5.41, 5.74) is 0.448. The molecule has 3 nitrogen and oxygen atoms in total. The van der Waals surface area contributed by atoms with Crippen LogP contribution in [-0.2, 0) is 13.5 Å². The molecule has 0 bridgehead atoms. The molecule has 1 N–H and O–H groups in total. The molecule has 1 saturated heterocycles. The van der Waals surface area contributed by atoms with Crippen LogP contribution in [0.5, 0.6) is 0 Å². The van der Waals surface area contributed by atoms with E-state index in [4.69, 9.17) is 0 Å². The third-order valence-electron chi connectivity index (χ3n) is 2.92. The second-order valence-corrected chi connectivity index (χ2v) is 5.47. The van der Waals surface area contributed by atoms with Crippen LogP contribution in [0.15, 0.2) is 12.3 Å². The summed E-state index contributed by atoms with van der Waals surface area (Å²) in [4.78, 5) is 0. The lowest BCUT2D eigenvalue weighted by Gasteiger charge is -2.25. The third kappa shape index (κ3) is 1.81. The minimum Gasteiger partial charge on any atom is -0.388 e. The number of nitrogens with zero attached hydrogens (tertiary/aromatic N) is 2. The lowest BCUT2D eigenvalue weighted by Crippen LogP contribution is -2.37. The van der Waals surface area contributed by atoms with Crippen molar-refractivity contribution in [2.24, 2.45) is 7.05 Å². The number of aryl methyl sites for hydroxylation is 1. The van der Waals surface area contributed by atoms with Gasteiger partial charge in [0.25, 0.3) is 0 Å². The Labute approximate surface area is 88.5 Å². The van der Waals surface area contributed by atoms with Crippen LogP contribution in [0.2, 0.25) is 0 Å². The molecule has 78 valence electrons. The van der Waals surface area contributed by atoms with E-state index in [1.54, 1.807) is 4.68 Å². The number of hydrogen-bond donors (Lipinski definition) is 1. The van der Waals surface area contributed by atoms with Gasteiger partial charge in [-0.2, -0.15) is 16.9 Å². The molecule has 2 rings (SSSR count). The summed E-state index contributed by atoms with van der Waals surface area (Å²) in [6.07, 6.45) is 3.49. The molecule has 0 aromatic carbocycles. The number of aliphatic hydroxyl groups is 1. The van der Waals surface area contributed by atoms with Gasteiger partial charge in [-0.15, -0.1) is 0 Å². The maximum atomic E-state index is 10.4. The molecule has 1 aromatic rings. The van der Waals surface area contributed by atoms with Crippen molar-refractivity contribution >= 4 is 11.8 Å². The number of thioether (sulfide) groups is 1. The molecular weight excluding hydrogens is 196 g/mol. The number of rotatable bonds is 2. The highest BCUT2D eigenvalue weighted by Crippen LogP contribution is 2.37. The first-order valence-corrected chi connectivity index (χ1v) is 5.97. The molecule has 1 fully saturated rings. The summed E-state index contributed by atoms with van der Waals surface area (Å²) in [6.45, 7) is 2.10. The fourth-order valence-corrected chi connectivity index (χ4v) is 3.21. The van der Waals surface area contributed by atoms with Crippen molar-refractivity contribution in [2.75, 3.05) is 5.75 Å². The Kier molecular flexibility index (Phi) is 2.58. The van der Waals surface area contributed by atoms with Gasteiger partial charge in [-0.25, -0.2) is 0 Å². The zero-order valence-corrected chi connectivity index (χ0v) is 9.42. The monoisotopic (exact) mass is 212 g/mol. The highest BCUT2D eigenvalue weighted by atomic mass is 32.2. The van der Waals surface area contributed by atoms with E-state index in [2.05, 4.69) is 12.0 Å². The predicted octanol–water partition coefficient (Wildman–Crippen LogP) is 1.22. The Hall–Kier alpha value is -0.480. The maximum Gasteiger partial charge on any atom is 0.0826 e. The molecule has 2 heterocycles. The van der Waals surface area contributed by atoms with Gasteiger partial charge in [-0.3, -0.25) is 4.68 Å². The SMILES string of the molecule is CC1SCCC1(O)Cc1ccn(C)n1. The molecule has 14 heavy (non-hydrogen) atoms. The Morgan fingerprint density at radius 1 is 1.79 bits per heavy atom. The van der Waals surface area contributed by atoms with E-state index >= 15 is 0 Å². The summed E-state index contributed by atoms with van der Waals surface area (Å²) in [5.74, 6) is 1.06. The Balaban J connectivity index is 2.10. The normalized spacial score (nSPS) is 32.4. The number of hydrogen-bond acceptors (Lipinski definition) is 3. The zero-order chi connectivity index (χ0) is 10.2. The lowest BCUT2D eigenvalue weighted by atomic mass is 9.92. The first-order valence-electron chi connectivity index (χ1n) is 4.93. The molecule has 0 radical (unpaired) electrons. The second kappa shape index (κ2) is 3.59. The van der Waals surface area contributed by atoms with Gasteiger partial charge in [-0.1, -0.05) is 6.92 Å². The molecule has 0 saturated carbocycles. The predicted molar refractivity (Wildman–Crippen MR) is 58.4 cm³/mol. The van der Waals surface area contributed by atoms with E-state index in [9.17, 15) is 5.11 Å². The van der Waals surface area contributed by atoms with Crippen molar-refractivity contribution in [1.82, 2.24) is 9.78 Å². The standard InChI is InChI=1S/C10H16N2OS/c1-8-10(13,4-6-14-8)7-9-3-5-12(2)11-9/h3,5,8,13H,4,6-7H2,1-2H3. The summed E-state index contributed by atoms with van der Waals surface area (Å²) >= 11 is 1.85. The molecule has 1 aromatic heterocycles. The molecule has 4 heteroatoms. The van der Waals surface area contributed by atoms with Crippen LogP contribution < -0.4 is 0 Å². The topological polar surface area (TPSA) is 38.0 Å². The van der Waals surface area contributed by atoms with Gasteiger partial charge < -0.3 is 5.11 Å². The Morgan fingerprint density at radius 3 is 3.07 bits per heavy atom. The number of aromatic nitrogens is 2. The largest absolute Gasteiger partial charge is 0.388 e. The van der Waals surface area contributed by atoms with Gasteiger partial charge in [0, 0.05) is 24.9 Å². The first-order chi connectivity index (χ1) is 6.60. The van der Waals surface area contributed by atoms with Crippen LogP contribution in [0.25, 0.3) is 0 Å². The highest BCUT2D eigenvalue weighted by molar-refractivity contribution is 8.00. The summed E-state index contributed by atoms with van der Waals surface area (Å²) in [6, 6.07) is 1.98. The Bertz CT molecular complexity index is 326. The van der Waals surface area contributed by atoms with Crippen LogP contribution in [-0.4, -0.2) is 31.5 Å². The van der Waals surface area contributed by atoms with Crippen LogP contribution in [0, 0.1) is 0 Å². The van der Waals surface area contributed by atoms with Gasteiger partial charge in [-0.05, 0) is 18.2 Å². The van der Waals surface area contributed by atoms with Gasteiger partial charge in [0.1, 0.15) is 0 Å². The minimum atomic E-state index is -0.543. The van der Waals surface area contributed by atoms with Crippen molar-refractivity contribution in [1.29, 1.82) is 0 Å². The van der Waals surface area contributed by atoms with E-state index in [-0.39, 0.29) is 0 Å². The van der Waals surface area contributed by atoms with Crippen LogP contribution >= 0.6 is 11.8 Å². The van der Waals surface area contributed by atoms with E-state index in [0.717, 1.165) is 17.9 Å². The zero-order valence-electron chi connectivity index (χ0n) is 8.60. The molecule has 2 atom stereocenters.